The van der Waals surface area contributed by atoms with Crippen LogP contribution in [0, 0.1) is 0 Å². The van der Waals surface area contributed by atoms with Crippen LogP contribution in [0.5, 0.6) is 0 Å². The van der Waals surface area contributed by atoms with E-state index in [1.54, 1.807) is 19.2 Å². The van der Waals surface area contributed by atoms with Crippen LogP contribution in [0.1, 0.15) is 44.6 Å². The minimum Gasteiger partial charge on any atom is -0.462 e. The van der Waals surface area contributed by atoms with Gasteiger partial charge >= 0.3 is 5.97 Å². The SMILES string of the molecule is CCCCC(N)(CCCN1CCN(Cc2ccc(S(C)(=O)=O)cc2)CC1)C(=O)OCCOC. The van der Waals surface area contributed by atoms with E-state index in [0.29, 0.717) is 24.3 Å². The number of piperazine rings is 1. The van der Waals surface area contributed by atoms with Gasteiger partial charge in [-0.3, -0.25) is 9.69 Å². The molecule has 33 heavy (non-hydrogen) atoms. The second kappa shape index (κ2) is 13.4. The predicted octanol–water partition coefficient (Wildman–Crippen LogP) is 2.07. The number of carbonyl (C=O) groups is 1. The lowest BCUT2D eigenvalue weighted by Crippen LogP contribution is -2.50. The summed E-state index contributed by atoms with van der Waals surface area (Å²) in [6.07, 6.45) is 5.23. The topological polar surface area (TPSA) is 102 Å². The Labute approximate surface area is 199 Å². The van der Waals surface area contributed by atoms with Gasteiger partial charge in [-0.2, -0.15) is 0 Å². The summed E-state index contributed by atoms with van der Waals surface area (Å²) in [5.41, 5.74) is 6.68. The van der Waals surface area contributed by atoms with Crippen LogP contribution >= 0.6 is 0 Å². The van der Waals surface area contributed by atoms with Crippen molar-refractivity contribution in [3.8, 4) is 0 Å². The summed E-state index contributed by atoms with van der Waals surface area (Å²) in [5, 5.41) is 0. The standard InChI is InChI=1S/C24H41N3O5S/c1-4-5-11-24(25,23(28)32-19-18-31-2)12-6-13-26-14-16-27(17-15-26)20-21-7-9-22(10-8-21)33(3,29)30/h7-10H,4-6,11-20,25H2,1-3H3. The number of methoxy groups -OCH3 is 1. The smallest absolute Gasteiger partial charge is 0.326 e. The van der Waals surface area contributed by atoms with Crippen LogP contribution in [0.4, 0.5) is 0 Å². The second-order valence-electron chi connectivity index (χ2n) is 9.03. The molecule has 188 valence electrons. The molecule has 9 heteroatoms. The number of esters is 1. The van der Waals surface area contributed by atoms with Crippen LogP contribution < -0.4 is 5.73 Å². The Morgan fingerprint density at radius 3 is 2.21 bits per heavy atom. The van der Waals surface area contributed by atoms with Crippen molar-refractivity contribution < 1.29 is 22.7 Å². The minimum atomic E-state index is -3.16. The predicted molar refractivity (Wildman–Crippen MR) is 130 cm³/mol. The largest absolute Gasteiger partial charge is 0.462 e. The monoisotopic (exact) mass is 483 g/mol. The summed E-state index contributed by atoms with van der Waals surface area (Å²) >= 11 is 0. The van der Waals surface area contributed by atoms with Gasteiger partial charge in [-0.25, -0.2) is 8.42 Å². The fraction of sp³-hybridized carbons (Fsp3) is 0.708. The van der Waals surface area contributed by atoms with E-state index in [2.05, 4.69) is 16.7 Å². The molecule has 1 aromatic rings. The molecular formula is C24H41N3O5S. The van der Waals surface area contributed by atoms with Gasteiger partial charge in [0.15, 0.2) is 9.84 Å². The molecular weight excluding hydrogens is 442 g/mol. The first kappa shape index (κ1) is 27.7. The number of carbonyl (C=O) groups excluding carboxylic acids is 1. The van der Waals surface area contributed by atoms with Gasteiger partial charge in [0.1, 0.15) is 12.1 Å². The van der Waals surface area contributed by atoms with Gasteiger partial charge in [0.05, 0.1) is 11.5 Å². The number of ether oxygens (including phenoxy) is 2. The van der Waals surface area contributed by atoms with Crippen molar-refractivity contribution in [2.75, 3.05) is 59.3 Å². The molecule has 0 bridgehead atoms. The number of sulfone groups is 1. The molecule has 0 aliphatic carbocycles. The van der Waals surface area contributed by atoms with E-state index < -0.39 is 15.4 Å². The van der Waals surface area contributed by atoms with E-state index in [1.165, 1.54) is 6.26 Å². The third kappa shape index (κ3) is 9.33. The summed E-state index contributed by atoms with van der Waals surface area (Å²) in [4.78, 5) is 17.7. The van der Waals surface area contributed by atoms with Gasteiger partial charge in [0.2, 0.25) is 0 Å². The quantitative estimate of drug-likeness (QED) is 0.317. The number of hydrogen-bond donors (Lipinski definition) is 1. The van der Waals surface area contributed by atoms with Crippen LogP contribution in [0.25, 0.3) is 0 Å². The zero-order chi connectivity index (χ0) is 24.3. The Kier molecular flexibility index (Phi) is 11.2. The number of hydrogen-bond acceptors (Lipinski definition) is 8. The Bertz CT molecular complexity index is 823. The highest BCUT2D eigenvalue weighted by Crippen LogP contribution is 2.21. The van der Waals surface area contributed by atoms with Gasteiger partial charge in [-0.1, -0.05) is 31.9 Å². The molecule has 1 aliphatic heterocycles. The van der Waals surface area contributed by atoms with Crippen LogP contribution in [0.2, 0.25) is 0 Å². The van der Waals surface area contributed by atoms with Gasteiger partial charge in [-0.15, -0.1) is 0 Å². The third-order valence-electron chi connectivity index (χ3n) is 6.22. The van der Waals surface area contributed by atoms with Gasteiger partial charge < -0.3 is 20.1 Å². The first-order valence-corrected chi connectivity index (χ1v) is 13.8. The molecule has 0 spiro atoms. The molecule has 1 fully saturated rings. The van der Waals surface area contributed by atoms with Gasteiger partial charge in [-0.05, 0) is 43.5 Å². The van der Waals surface area contributed by atoms with Crippen molar-refractivity contribution in [1.29, 1.82) is 0 Å². The van der Waals surface area contributed by atoms with Crippen molar-refractivity contribution in [2.24, 2.45) is 5.73 Å². The molecule has 1 saturated heterocycles. The highest BCUT2D eigenvalue weighted by Gasteiger charge is 2.34. The van der Waals surface area contributed by atoms with Crippen LogP contribution in [0.3, 0.4) is 0 Å². The Hall–Kier alpha value is -1.52. The molecule has 0 amide bonds. The van der Waals surface area contributed by atoms with E-state index in [-0.39, 0.29) is 12.6 Å². The number of benzene rings is 1. The first-order valence-electron chi connectivity index (χ1n) is 11.9. The normalized spacial score (nSPS) is 17.6. The lowest BCUT2D eigenvalue weighted by atomic mass is 9.88. The van der Waals surface area contributed by atoms with E-state index in [0.717, 1.165) is 64.1 Å². The van der Waals surface area contributed by atoms with Crippen molar-refractivity contribution in [3.05, 3.63) is 29.8 Å². The maximum atomic E-state index is 12.6. The van der Waals surface area contributed by atoms with E-state index >= 15 is 0 Å². The van der Waals surface area contributed by atoms with E-state index in [1.807, 2.05) is 12.1 Å². The molecule has 1 unspecified atom stereocenters. The van der Waals surface area contributed by atoms with E-state index in [9.17, 15) is 13.2 Å². The number of nitrogens with zero attached hydrogens (tertiary/aromatic N) is 2. The molecule has 1 aliphatic rings. The third-order valence-corrected chi connectivity index (χ3v) is 7.35. The molecule has 2 N–H and O–H groups in total. The molecule has 1 aromatic carbocycles. The zero-order valence-corrected chi connectivity index (χ0v) is 21.2. The van der Waals surface area contributed by atoms with Crippen molar-refractivity contribution in [2.45, 2.75) is 56.0 Å². The van der Waals surface area contributed by atoms with Crippen molar-refractivity contribution in [3.63, 3.8) is 0 Å². The zero-order valence-electron chi connectivity index (χ0n) is 20.4. The fourth-order valence-electron chi connectivity index (χ4n) is 4.07. The van der Waals surface area contributed by atoms with Crippen LogP contribution in [0.15, 0.2) is 29.2 Å². The first-order chi connectivity index (χ1) is 15.7. The average Bonchev–Trinajstić information content (AvgIpc) is 2.79. The molecule has 2 rings (SSSR count). The van der Waals surface area contributed by atoms with Crippen molar-refractivity contribution >= 4 is 15.8 Å². The average molecular weight is 484 g/mol. The fourth-order valence-corrected chi connectivity index (χ4v) is 4.70. The molecule has 8 nitrogen and oxygen atoms in total. The summed E-state index contributed by atoms with van der Waals surface area (Å²) < 4.78 is 33.5. The number of unbranched alkanes of at least 4 members (excludes halogenated alkanes) is 1. The second-order valence-corrected chi connectivity index (χ2v) is 11.0. The summed E-state index contributed by atoms with van der Waals surface area (Å²) in [5.74, 6) is -0.320. The maximum Gasteiger partial charge on any atom is 0.326 e. The Morgan fingerprint density at radius 1 is 1.03 bits per heavy atom. The lowest BCUT2D eigenvalue weighted by Gasteiger charge is -2.35. The molecule has 1 heterocycles. The number of nitrogens with two attached hydrogens (primary N) is 1. The van der Waals surface area contributed by atoms with Crippen LogP contribution in [-0.2, 0) is 30.7 Å². The molecule has 0 radical (unpaired) electrons. The summed E-state index contributed by atoms with van der Waals surface area (Å²) in [7, 11) is -1.58. The van der Waals surface area contributed by atoms with Crippen molar-refractivity contribution in [1.82, 2.24) is 9.80 Å². The lowest BCUT2D eigenvalue weighted by molar-refractivity contribution is -0.152. The number of rotatable bonds is 14. The summed E-state index contributed by atoms with van der Waals surface area (Å²) in [6, 6.07) is 7.15. The maximum absolute atomic E-state index is 12.6. The minimum absolute atomic E-state index is 0.235. The molecule has 0 aromatic heterocycles. The van der Waals surface area contributed by atoms with Gasteiger partial charge in [0, 0.05) is 46.1 Å². The highest BCUT2D eigenvalue weighted by molar-refractivity contribution is 7.90. The van der Waals surface area contributed by atoms with E-state index in [4.69, 9.17) is 15.2 Å². The van der Waals surface area contributed by atoms with Gasteiger partial charge in [0.25, 0.3) is 0 Å². The molecule has 1 atom stereocenters. The highest BCUT2D eigenvalue weighted by atomic mass is 32.2. The van der Waals surface area contributed by atoms with Crippen LogP contribution in [-0.4, -0.2) is 89.0 Å². The Balaban J connectivity index is 1.76. The summed E-state index contributed by atoms with van der Waals surface area (Å²) in [6.45, 7) is 8.27. The Morgan fingerprint density at radius 2 is 1.64 bits per heavy atom. The molecule has 0 saturated carbocycles.